The number of hydrogen-bond donors (Lipinski definition) is 0. The molecule has 0 atom stereocenters. The first kappa shape index (κ1) is 25.0. The minimum atomic E-state index is 0.0206. The van der Waals surface area contributed by atoms with Crippen LogP contribution >= 0.6 is 11.6 Å². The predicted molar refractivity (Wildman–Crippen MR) is 138 cm³/mol. The Morgan fingerprint density at radius 3 is 1.91 bits per heavy atom. The maximum absolute atomic E-state index is 12.9. The van der Waals surface area contributed by atoms with E-state index in [0.717, 1.165) is 47.5 Å². The van der Waals surface area contributed by atoms with Gasteiger partial charge in [0, 0.05) is 85.7 Å². The third kappa shape index (κ3) is 6.45. The third-order valence-corrected chi connectivity index (χ3v) is 6.15. The first-order valence-electron chi connectivity index (χ1n) is 11.2. The molecule has 0 aliphatic carbocycles. The number of carbonyl (C=O) groups is 1. The molecule has 0 radical (unpaired) electrons. The minimum absolute atomic E-state index is 0.0206. The summed E-state index contributed by atoms with van der Waals surface area (Å²) in [6.07, 6.45) is 0. The van der Waals surface area contributed by atoms with Crippen LogP contribution in [0.1, 0.15) is 5.56 Å². The Balaban J connectivity index is 1.62. The Kier molecular flexibility index (Phi) is 8.32. The van der Waals surface area contributed by atoms with E-state index in [1.807, 2.05) is 69.1 Å². The molecule has 33 heavy (non-hydrogen) atoms. The van der Waals surface area contributed by atoms with E-state index in [2.05, 4.69) is 34.1 Å². The number of benzene rings is 2. The van der Waals surface area contributed by atoms with Crippen LogP contribution < -0.4 is 19.4 Å². The van der Waals surface area contributed by atoms with Gasteiger partial charge in [-0.25, -0.2) is 0 Å². The molecule has 0 spiro atoms. The highest BCUT2D eigenvalue weighted by Crippen LogP contribution is 2.40. The van der Waals surface area contributed by atoms with Crippen molar-refractivity contribution in [3.05, 3.63) is 47.0 Å². The Hall–Kier alpha value is -2.64. The van der Waals surface area contributed by atoms with E-state index in [4.69, 9.17) is 16.3 Å². The van der Waals surface area contributed by atoms with E-state index in [1.54, 1.807) is 0 Å². The molecule has 2 aromatic rings. The van der Waals surface area contributed by atoms with Crippen molar-refractivity contribution in [2.24, 2.45) is 0 Å². The van der Waals surface area contributed by atoms with Crippen molar-refractivity contribution >= 4 is 34.6 Å². The molecule has 1 saturated heterocycles. The van der Waals surface area contributed by atoms with Crippen molar-refractivity contribution in [1.29, 1.82) is 0 Å². The van der Waals surface area contributed by atoms with Crippen LogP contribution in [0.4, 0.5) is 17.1 Å². The lowest BCUT2D eigenvalue weighted by molar-refractivity contribution is -0.135. The van der Waals surface area contributed by atoms with E-state index >= 15 is 0 Å². The summed E-state index contributed by atoms with van der Waals surface area (Å²) in [4.78, 5) is 23.3. The number of halogens is 1. The molecule has 1 aliphatic rings. The third-order valence-electron chi connectivity index (χ3n) is 5.90. The second-order valence-corrected chi connectivity index (χ2v) is 9.50. The topological polar surface area (TPSA) is 42.5 Å². The summed E-state index contributed by atoms with van der Waals surface area (Å²) < 4.78 is 6.16. The van der Waals surface area contributed by atoms with Gasteiger partial charge in [-0.1, -0.05) is 23.7 Å². The Bertz CT molecular complexity index is 909. The van der Waals surface area contributed by atoms with Crippen LogP contribution in [0.25, 0.3) is 0 Å². The van der Waals surface area contributed by atoms with Crippen molar-refractivity contribution in [1.82, 2.24) is 9.80 Å². The van der Waals surface area contributed by atoms with Gasteiger partial charge in [-0.2, -0.15) is 0 Å². The van der Waals surface area contributed by atoms with Crippen LogP contribution in [-0.2, 0) is 11.3 Å². The lowest BCUT2D eigenvalue weighted by atomic mass is 10.2. The first-order valence-corrected chi connectivity index (χ1v) is 11.6. The van der Waals surface area contributed by atoms with Crippen molar-refractivity contribution in [3.63, 3.8) is 0 Å². The standard InChI is InChI=1S/C25H36ClN5O2/c1-27(2)21-15-22(28(3)4)25(23(16-21)29(5)6)33-18-24(32)31-13-11-30(12-14-31)17-19-7-9-20(26)10-8-19/h7-10,15-16H,11-14,17-18H2,1-6H3. The summed E-state index contributed by atoms with van der Waals surface area (Å²) in [6.45, 7) is 3.99. The normalized spacial score (nSPS) is 14.2. The number of hydrogen-bond acceptors (Lipinski definition) is 6. The van der Waals surface area contributed by atoms with Crippen LogP contribution in [0.15, 0.2) is 36.4 Å². The smallest absolute Gasteiger partial charge is 0.260 e. The van der Waals surface area contributed by atoms with Crippen LogP contribution in [0.3, 0.4) is 0 Å². The maximum atomic E-state index is 12.9. The van der Waals surface area contributed by atoms with Crippen LogP contribution in [0, 0.1) is 0 Å². The van der Waals surface area contributed by atoms with Crippen LogP contribution in [0.2, 0.25) is 5.02 Å². The molecular weight excluding hydrogens is 438 g/mol. The second kappa shape index (κ2) is 11.0. The zero-order valence-corrected chi connectivity index (χ0v) is 21.4. The molecule has 1 amide bonds. The van der Waals surface area contributed by atoms with Gasteiger partial charge >= 0.3 is 0 Å². The van der Waals surface area contributed by atoms with E-state index in [0.29, 0.717) is 13.1 Å². The van der Waals surface area contributed by atoms with Gasteiger partial charge in [0.05, 0.1) is 11.4 Å². The van der Waals surface area contributed by atoms with Crippen molar-refractivity contribution in [2.45, 2.75) is 6.54 Å². The van der Waals surface area contributed by atoms with Crippen LogP contribution in [0.5, 0.6) is 5.75 Å². The van der Waals surface area contributed by atoms with Gasteiger partial charge < -0.3 is 24.3 Å². The number of amides is 1. The maximum Gasteiger partial charge on any atom is 0.260 e. The van der Waals surface area contributed by atoms with Gasteiger partial charge in [-0.05, 0) is 29.8 Å². The summed E-state index contributed by atoms with van der Waals surface area (Å²) in [5.41, 5.74) is 4.21. The number of rotatable bonds is 8. The molecule has 180 valence electrons. The lowest BCUT2D eigenvalue weighted by Crippen LogP contribution is -2.49. The summed E-state index contributed by atoms with van der Waals surface area (Å²) in [7, 11) is 12.0. The number of piperazine rings is 1. The Morgan fingerprint density at radius 2 is 1.42 bits per heavy atom. The SMILES string of the molecule is CN(C)c1cc(N(C)C)c(OCC(=O)N2CCN(Cc3ccc(Cl)cc3)CC2)c(N(C)C)c1. The molecule has 8 heteroatoms. The fraction of sp³-hybridized carbons (Fsp3) is 0.480. The molecule has 0 unspecified atom stereocenters. The van der Waals surface area contributed by atoms with Gasteiger partial charge in [0.1, 0.15) is 0 Å². The van der Waals surface area contributed by atoms with Crippen molar-refractivity contribution < 1.29 is 9.53 Å². The Morgan fingerprint density at radius 1 is 0.879 bits per heavy atom. The van der Waals surface area contributed by atoms with Crippen molar-refractivity contribution in [2.75, 3.05) is 89.8 Å². The number of ether oxygens (including phenoxy) is 1. The number of anilines is 3. The largest absolute Gasteiger partial charge is 0.479 e. The second-order valence-electron chi connectivity index (χ2n) is 9.07. The van der Waals surface area contributed by atoms with Crippen LogP contribution in [-0.4, -0.2) is 90.8 Å². The molecule has 7 nitrogen and oxygen atoms in total. The summed E-state index contributed by atoms with van der Waals surface area (Å²) in [6, 6.07) is 12.1. The molecule has 0 aromatic heterocycles. The molecule has 1 fully saturated rings. The zero-order valence-electron chi connectivity index (χ0n) is 20.6. The van der Waals surface area contributed by atoms with E-state index in [-0.39, 0.29) is 12.5 Å². The zero-order chi connectivity index (χ0) is 24.1. The quantitative estimate of drug-likeness (QED) is 0.586. The molecular formula is C25H36ClN5O2. The average Bonchev–Trinajstić information content (AvgIpc) is 2.78. The minimum Gasteiger partial charge on any atom is -0.479 e. The number of nitrogens with zero attached hydrogens (tertiary/aromatic N) is 5. The van der Waals surface area contributed by atoms with Gasteiger partial charge in [0.15, 0.2) is 12.4 Å². The van der Waals surface area contributed by atoms with Gasteiger partial charge in [0.25, 0.3) is 5.91 Å². The van der Waals surface area contributed by atoms with Gasteiger partial charge in [-0.15, -0.1) is 0 Å². The molecule has 1 heterocycles. The highest BCUT2D eigenvalue weighted by molar-refractivity contribution is 6.30. The molecule has 2 aromatic carbocycles. The molecule has 0 N–H and O–H groups in total. The van der Waals surface area contributed by atoms with Gasteiger partial charge in [-0.3, -0.25) is 9.69 Å². The fourth-order valence-electron chi connectivity index (χ4n) is 3.88. The first-order chi connectivity index (χ1) is 15.7. The highest BCUT2D eigenvalue weighted by Gasteiger charge is 2.23. The highest BCUT2D eigenvalue weighted by atomic mass is 35.5. The van der Waals surface area contributed by atoms with E-state index < -0.39 is 0 Å². The van der Waals surface area contributed by atoms with Gasteiger partial charge in [0.2, 0.25) is 0 Å². The predicted octanol–water partition coefficient (Wildman–Crippen LogP) is 3.26. The molecule has 0 bridgehead atoms. The Labute approximate surface area is 203 Å². The lowest BCUT2D eigenvalue weighted by Gasteiger charge is -2.35. The molecule has 3 rings (SSSR count). The van der Waals surface area contributed by atoms with Crippen molar-refractivity contribution in [3.8, 4) is 5.75 Å². The fourth-order valence-corrected chi connectivity index (χ4v) is 4.01. The summed E-state index contributed by atoms with van der Waals surface area (Å²) in [5.74, 6) is 0.748. The molecule has 0 saturated carbocycles. The van der Waals surface area contributed by atoms with E-state index in [9.17, 15) is 4.79 Å². The number of carbonyl (C=O) groups excluding carboxylic acids is 1. The monoisotopic (exact) mass is 473 g/mol. The summed E-state index contributed by atoms with van der Waals surface area (Å²) in [5, 5.41) is 0.750. The van der Waals surface area contributed by atoms with E-state index in [1.165, 1.54) is 5.56 Å². The average molecular weight is 474 g/mol. The molecule has 1 aliphatic heterocycles. The summed E-state index contributed by atoms with van der Waals surface area (Å²) >= 11 is 5.98.